The molecule has 2 aliphatic rings. The molecule has 3 rings (SSSR count). The smallest absolute Gasteiger partial charge is 0.267 e. The number of aromatic nitrogens is 2. The molecule has 0 radical (unpaired) electrons. The van der Waals surface area contributed by atoms with Crippen LogP contribution in [-0.4, -0.2) is 46.1 Å². The Kier molecular flexibility index (Phi) is 3.30. The summed E-state index contributed by atoms with van der Waals surface area (Å²) in [4.78, 5) is 15.4. The van der Waals surface area contributed by atoms with Crippen molar-refractivity contribution in [1.29, 1.82) is 0 Å². The summed E-state index contributed by atoms with van der Waals surface area (Å²) in [5.74, 6) is 0.786. The Bertz CT molecular complexity index is 447. The normalized spacial score (nSPS) is 26.6. The van der Waals surface area contributed by atoms with Crippen LogP contribution in [0.1, 0.15) is 35.1 Å². The van der Waals surface area contributed by atoms with Gasteiger partial charge < -0.3 is 10.2 Å². The van der Waals surface area contributed by atoms with E-state index in [4.69, 9.17) is 0 Å². The first-order chi connectivity index (χ1) is 8.81. The van der Waals surface area contributed by atoms with Gasteiger partial charge >= 0.3 is 0 Å². The Morgan fingerprint density at radius 2 is 2.44 bits per heavy atom. The topological polar surface area (TPSA) is 58.1 Å². The number of hydrogen-bond donors (Lipinski definition) is 1. The van der Waals surface area contributed by atoms with Crippen molar-refractivity contribution >= 4 is 17.4 Å². The van der Waals surface area contributed by atoms with Gasteiger partial charge in [0.15, 0.2) is 0 Å². The molecule has 98 valence electrons. The molecular formula is C12H18N4OS. The van der Waals surface area contributed by atoms with E-state index in [1.807, 2.05) is 4.90 Å². The van der Waals surface area contributed by atoms with E-state index in [1.165, 1.54) is 11.5 Å². The lowest BCUT2D eigenvalue weighted by molar-refractivity contribution is 0.0740. The minimum absolute atomic E-state index is 0.143. The predicted octanol–water partition coefficient (Wildman–Crippen LogP) is 0.924. The number of amides is 1. The quantitative estimate of drug-likeness (QED) is 0.884. The van der Waals surface area contributed by atoms with Gasteiger partial charge in [-0.15, -0.1) is 5.10 Å². The van der Waals surface area contributed by atoms with Crippen molar-refractivity contribution in [3.05, 3.63) is 10.6 Å². The first-order valence-corrected chi connectivity index (χ1v) is 7.41. The van der Waals surface area contributed by atoms with Crippen LogP contribution in [0.25, 0.3) is 0 Å². The second-order valence-corrected chi connectivity index (χ2v) is 5.83. The van der Waals surface area contributed by atoms with Gasteiger partial charge in [0.05, 0.1) is 5.69 Å². The molecule has 1 amide bonds. The van der Waals surface area contributed by atoms with Crippen LogP contribution in [0.2, 0.25) is 0 Å². The van der Waals surface area contributed by atoms with E-state index >= 15 is 0 Å². The van der Waals surface area contributed by atoms with Gasteiger partial charge in [0.2, 0.25) is 0 Å². The van der Waals surface area contributed by atoms with E-state index in [0.29, 0.717) is 12.0 Å². The zero-order chi connectivity index (χ0) is 12.5. The monoisotopic (exact) mass is 266 g/mol. The molecule has 2 fully saturated rings. The molecule has 0 bridgehead atoms. The molecule has 1 N–H and O–H groups in total. The SMILES string of the molecule is CCCc1nnsc1C(=O)N1CC[C@H]2CNC[C@H]21. The maximum atomic E-state index is 12.6. The van der Waals surface area contributed by atoms with Crippen LogP contribution in [0.15, 0.2) is 0 Å². The second kappa shape index (κ2) is 4.93. The summed E-state index contributed by atoms with van der Waals surface area (Å²) in [5.41, 5.74) is 0.877. The molecule has 2 saturated heterocycles. The van der Waals surface area contributed by atoms with Gasteiger partial charge in [-0.1, -0.05) is 17.8 Å². The van der Waals surface area contributed by atoms with Crippen LogP contribution in [0.4, 0.5) is 0 Å². The summed E-state index contributed by atoms with van der Waals surface area (Å²) in [6, 6.07) is 0.383. The third kappa shape index (κ3) is 1.93. The Balaban J connectivity index is 1.79. The average Bonchev–Trinajstić information content (AvgIpc) is 3.03. The predicted molar refractivity (Wildman–Crippen MR) is 69.7 cm³/mol. The molecule has 0 unspecified atom stereocenters. The number of nitrogens with zero attached hydrogens (tertiary/aromatic N) is 3. The van der Waals surface area contributed by atoms with Crippen LogP contribution in [-0.2, 0) is 6.42 Å². The molecule has 0 saturated carbocycles. The molecule has 1 aromatic rings. The molecule has 2 atom stereocenters. The number of likely N-dealkylation sites (tertiary alicyclic amines) is 1. The molecule has 3 heterocycles. The Morgan fingerprint density at radius 3 is 3.28 bits per heavy atom. The molecule has 5 nitrogen and oxygen atoms in total. The molecule has 0 aliphatic carbocycles. The number of carbonyl (C=O) groups excluding carboxylic acids is 1. The summed E-state index contributed by atoms with van der Waals surface area (Å²) in [6.45, 7) is 4.97. The van der Waals surface area contributed by atoms with Crippen molar-refractivity contribution in [3.8, 4) is 0 Å². The van der Waals surface area contributed by atoms with Gasteiger partial charge in [0, 0.05) is 25.7 Å². The largest absolute Gasteiger partial charge is 0.333 e. The molecule has 18 heavy (non-hydrogen) atoms. The number of carbonyl (C=O) groups is 1. The van der Waals surface area contributed by atoms with Gasteiger partial charge in [-0.05, 0) is 30.3 Å². The molecular weight excluding hydrogens is 248 g/mol. The van der Waals surface area contributed by atoms with Crippen LogP contribution in [0.3, 0.4) is 0 Å². The summed E-state index contributed by atoms with van der Waals surface area (Å²) in [7, 11) is 0. The van der Waals surface area contributed by atoms with Crippen LogP contribution in [0.5, 0.6) is 0 Å². The van der Waals surface area contributed by atoms with Crippen molar-refractivity contribution < 1.29 is 4.79 Å². The lowest BCUT2D eigenvalue weighted by Crippen LogP contribution is -2.39. The average molecular weight is 266 g/mol. The van der Waals surface area contributed by atoms with E-state index in [1.54, 1.807) is 0 Å². The van der Waals surface area contributed by atoms with E-state index in [0.717, 1.165) is 49.5 Å². The molecule has 0 spiro atoms. The van der Waals surface area contributed by atoms with E-state index in [-0.39, 0.29) is 5.91 Å². The standard InChI is InChI=1S/C12H18N4OS/c1-2-3-9-11(18-15-14-9)12(17)16-5-4-8-6-13-7-10(8)16/h8,10,13H,2-7H2,1H3/t8-,10+/m0/s1. The Morgan fingerprint density at radius 1 is 1.56 bits per heavy atom. The van der Waals surface area contributed by atoms with Crippen molar-refractivity contribution in [1.82, 2.24) is 19.8 Å². The summed E-state index contributed by atoms with van der Waals surface area (Å²) in [5, 5.41) is 7.46. The second-order valence-electron chi connectivity index (χ2n) is 5.07. The van der Waals surface area contributed by atoms with Crippen LogP contribution in [0, 0.1) is 5.92 Å². The highest BCUT2D eigenvalue weighted by Crippen LogP contribution is 2.29. The van der Waals surface area contributed by atoms with Gasteiger partial charge in [0.25, 0.3) is 5.91 Å². The molecule has 1 aromatic heterocycles. The minimum Gasteiger partial charge on any atom is -0.333 e. The zero-order valence-corrected chi connectivity index (χ0v) is 11.4. The van der Waals surface area contributed by atoms with Gasteiger partial charge in [0.1, 0.15) is 4.88 Å². The first kappa shape index (κ1) is 12.0. The lowest BCUT2D eigenvalue weighted by atomic mass is 10.1. The van der Waals surface area contributed by atoms with Crippen molar-refractivity contribution in [2.45, 2.75) is 32.2 Å². The molecule has 2 aliphatic heterocycles. The van der Waals surface area contributed by atoms with E-state index in [9.17, 15) is 4.79 Å². The molecule has 0 aromatic carbocycles. The first-order valence-electron chi connectivity index (χ1n) is 6.64. The number of hydrogen-bond acceptors (Lipinski definition) is 5. The van der Waals surface area contributed by atoms with Crippen LogP contribution < -0.4 is 5.32 Å². The van der Waals surface area contributed by atoms with E-state index in [2.05, 4.69) is 21.8 Å². The number of fused-ring (bicyclic) bond motifs is 1. The van der Waals surface area contributed by atoms with Crippen molar-refractivity contribution in [2.75, 3.05) is 19.6 Å². The number of rotatable bonds is 3. The van der Waals surface area contributed by atoms with Crippen LogP contribution >= 0.6 is 11.5 Å². The molecule has 6 heteroatoms. The van der Waals surface area contributed by atoms with Crippen molar-refractivity contribution in [2.24, 2.45) is 5.92 Å². The fourth-order valence-electron chi connectivity index (χ4n) is 3.00. The summed E-state index contributed by atoms with van der Waals surface area (Å²) in [6.07, 6.45) is 2.97. The zero-order valence-electron chi connectivity index (χ0n) is 10.6. The highest BCUT2D eigenvalue weighted by molar-refractivity contribution is 7.08. The maximum Gasteiger partial charge on any atom is 0.267 e. The Hall–Kier alpha value is -1.01. The van der Waals surface area contributed by atoms with Gasteiger partial charge in [-0.2, -0.15) is 0 Å². The van der Waals surface area contributed by atoms with Crippen molar-refractivity contribution in [3.63, 3.8) is 0 Å². The fourth-order valence-corrected chi connectivity index (χ4v) is 3.67. The number of nitrogens with one attached hydrogen (secondary N) is 1. The lowest BCUT2D eigenvalue weighted by Gasteiger charge is -2.22. The van der Waals surface area contributed by atoms with Gasteiger partial charge in [-0.3, -0.25) is 4.79 Å². The summed E-state index contributed by atoms with van der Waals surface area (Å²) >= 11 is 1.25. The summed E-state index contributed by atoms with van der Waals surface area (Å²) < 4.78 is 3.95. The minimum atomic E-state index is 0.143. The fraction of sp³-hybridized carbons (Fsp3) is 0.750. The maximum absolute atomic E-state index is 12.6. The highest BCUT2D eigenvalue weighted by Gasteiger charge is 2.41. The highest BCUT2D eigenvalue weighted by atomic mass is 32.1. The Labute approximate surface area is 111 Å². The number of aryl methyl sites for hydroxylation is 1. The third-order valence-corrected chi connectivity index (χ3v) is 4.70. The van der Waals surface area contributed by atoms with E-state index < -0.39 is 0 Å². The third-order valence-electron chi connectivity index (χ3n) is 3.94. The van der Waals surface area contributed by atoms with Gasteiger partial charge in [-0.25, -0.2) is 0 Å².